The molecule has 1 spiro atoms. The number of nitrogens with zero attached hydrogens (tertiary/aromatic N) is 3. The van der Waals surface area contributed by atoms with Crippen LogP contribution in [-0.2, 0) is 15.0 Å². The summed E-state index contributed by atoms with van der Waals surface area (Å²) in [4.78, 5) is 34.0. The molecule has 34 heavy (non-hydrogen) atoms. The highest BCUT2D eigenvalue weighted by atomic mass is 79.9. The van der Waals surface area contributed by atoms with E-state index in [0.717, 1.165) is 19.4 Å². The summed E-state index contributed by atoms with van der Waals surface area (Å²) < 4.78 is 21.6. The highest BCUT2D eigenvalue weighted by Crippen LogP contribution is 2.52. The molecule has 2 fully saturated rings. The number of hydrogen-bond donors (Lipinski definition) is 1. The third-order valence-electron chi connectivity index (χ3n) is 7.42. The van der Waals surface area contributed by atoms with E-state index in [0.29, 0.717) is 49.2 Å². The van der Waals surface area contributed by atoms with Crippen molar-refractivity contribution < 1.29 is 18.7 Å². The normalized spacial score (nSPS) is 21.7. The number of rotatable bonds is 4. The first kappa shape index (κ1) is 23.5. The van der Waals surface area contributed by atoms with Crippen molar-refractivity contribution >= 4 is 55.9 Å². The van der Waals surface area contributed by atoms with E-state index in [1.807, 2.05) is 7.05 Å². The minimum atomic E-state index is -0.930. The molecule has 5 rings (SSSR count). The molecule has 1 N–H and O–H groups in total. The van der Waals surface area contributed by atoms with Crippen LogP contribution >= 0.6 is 27.5 Å². The largest absolute Gasteiger partial charge is 0.475 e. The standard InChI is InChI=1S/C24H25BrClFN4O3/c1-3-16(32)31-9-6-24(7-10-31)17-14-11-15(26)18(25)19(27)20(14)28-22(21(17)29-23(24)33)34-12-13-5-4-8-30(13)2/h3,11,13H,1,4-10,12H2,2H3,(H,29,33). The van der Waals surface area contributed by atoms with Crippen molar-refractivity contribution in [1.82, 2.24) is 14.8 Å². The van der Waals surface area contributed by atoms with Gasteiger partial charge in [0.1, 0.15) is 17.8 Å². The molecule has 3 aliphatic rings. The van der Waals surface area contributed by atoms with Gasteiger partial charge in [0.05, 0.1) is 14.9 Å². The molecule has 2 amide bonds. The Kier molecular flexibility index (Phi) is 6.06. The second-order valence-electron chi connectivity index (χ2n) is 9.20. The number of amides is 2. The second-order valence-corrected chi connectivity index (χ2v) is 10.4. The lowest BCUT2D eigenvalue weighted by Gasteiger charge is -2.38. The Morgan fingerprint density at radius 1 is 1.44 bits per heavy atom. The third-order valence-corrected chi connectivity index (χ3v) is 8.72. The molecule has 1 unspecified atom stereocenters. The van der Waals surface area contributed by atoms with Crippen molar-refractivity contribution in [3.05, 3.63) is 39.6 Å². The summed E-state index contributed by atoms with van der Waals surface area (Å²) in [5, 5.41) is 3.65. The van der Waals surface area contributed by atoms with E-state index in [9.17, 15) is 9.59 Å². The SMILES string of the molecule is C=CC(=O)N1CCC2(CC1)C(=O)Nc1c(OCC3CCCN3C)nc3c(F)c(Br)c(Cl)cc3c12. The Bertz CT molecular complexity index is 1210. The Balaban J connectivity index is 1.63. The van der Waals surface area contributed by atoms with Crippen molar-refractivity contribution in [2.75, 3.05) is 38.6 Å². The molecule has 180 valence electrons. The minimum Gasteiger partial charge on any atom is -0.475 e. The highest BCUT2D eigenvalue weighted by molar-refractivity contribution is 9.10. The Morgan fingerprint density at radius 3 is 2.82 bits per heavy atom. The van der Waals surface area contributed by atoms with Gasteiger partial charge in [-0.15, -0.1) is 0 Å². The number of aromatic nitrogens is 1. The van der Waals surface area contributed by atoms with E-state index >= 15 is 4.39 Å². The van der Waals surface area contributed by atoms with E-state index in [4.69, 9.17) is 16.3 Å². The van der Waals surface area contributed by atoms with E-state index in [1.165, 1.54) is 6.08 Å². The summed E-state index contributed by atoms with van der Waals surface area (Å²) >= 11 is 9.53. The maximum Gasteiger partial charge on any atom is 0.245 e. The Labute approximate surface area is 210 Å². The first-order valence-corrected chi connectivity index (χ1v) is 12.5. The highest BCUT2D eigenvalue weighted by Gasteiger charge is 2.51. The first-order valence-electron chi connectivity index (χ1n) is 11.3. The van der Waals surface area contributed by atoms with Gasteiger partial charge < -0.3 is 19.9 Å². The number of anilines is 1. The first-order chi connectivity index (χ1) is 16.3. The van der Waals surface area contributed by atoms with Crippen molar-refractivity contribution in [2.45, 2.75) is 37.1 Å². The Hall–Kier alpha value is -2.23. The molecule has 1 atom stereocenters. The number of halogens is 3. The molecule has 2 saturated heterocycles. The maximum absolute atomic E-state index is 15.4. The van der Waals surface area contributed by atoms with Crippen molar-refractivity contribution in [3.63, 3.8) is 0 Å². The molecule has 0 saturated carbocycles. The van der Waals surface area contributed by atoms with Crippen LogP contribution in [0.4, 0.5) is 10.1 Å². The van der Waals surface area contributed by atoms with Gasteiger partial charge in [-0.05, 0) is 67.3 Å². The number of piperidine rings is 1. The van der Waals surface area contributed by atoms with E-state index in [1.54, 1.807) is 11.0 Å². The molecule has 7 nitrogen and oxygen atoms in total. The summed E-state index contributed by atoms with van der Waals surface area (Å²) in [6, 6.07) is 1.88. The molecule has 0 aliphatic carbocycles. The average Bonchev–Trinajstić information content (AvgIpc) is 3.37. The van der Waals surface area contributed by atoms with Crippen molar-refractivity contribution in [2.24, 2.45) is 0 Å². The number of ether oxygens (including phenoxy) is 1. The molecule has 2 aromatic rings. The molecule has 10 heteroatoms. The van der Waals surface area contributed by atoms with E-state index < -0.39 is 11.2 Å². The van der Waals surface area contributed by atoms with E-state index in [-0.39, 0.29) is 38.7 Å². The summed E-state index contributed by atoms with van der Waals surface area (Å²) in [5.74, 6) is -0.742. The fourth-order valence-electron chi connectivity index (χ4n) is 5.43. The van der Waals surface area contributed by atoms with Crippen LogP contribution in [0, 0.1) is 5.82 Å². The van der Waals surface area contributed by atoms with Crippen LogP contribution in [0.1, 0.15) is 31.2 Å². The quantitative estimate of drug-likeness (QED) is 0.454. The number of carbonyl (C=O) groups excluding carboxylic acids is 2. The maximum atomic E-state index is 15.4. The summed E-state index contributed by atoms with van der Waals surface area (Å²) in [5.41, 5.74) is 0.293. The average molecular weight is 552 g/mol. The zero-order valence-corrected chi connectivity index (χ0v) is 21.1. The third kappa shape index (κ3) is 3.60. The van der Waals surface area contributed by atoms with Gasteiger partial charge >= 0.3 is 0 Å². The van der Waals surface area contributed by atoms with Crippen LogP contribution in [0.3, 0.4) is 0 Å². The fourth-order valence-corrected chi connectivity index (χ4v) is 5.92. The predicted molar refractivity (Wildman–Crippen MR) is 132 cm³/mol. The Morgan fingerprint density at radius 2 is 2.18 bits per heavy atom. The van der Waals surface area contributed by atoms with Crippen molar-refractivity contribution in [1.29, 1.82) is 0 Å². The van der Waals surface area contributed by atoms with Gasteiger partial charge in [0.15, 0.2) is 5.82 Å². The molecule has 4 heterocycles. The lowest BCUT2D eigenvalue weighted by Crippen LogP contribution is -2.48. The number of nitrogens with one attached hydrogen (secondary N) is 1. The van der Waals surface area contributed by atoms with Crippen LogP contribution in [0.25, 0.3) is 10.9 Å². The molecule has 1 aromatic carbocycles. The number of likely N-dealkylation sites (tertiary alicyclic amines) is 2. The van der Waals surface area contributed by atoms with Crippen molar-refractivity contribution in [3.8, 4) is 5.88 Å². The van der Waals surface area contributed by atoms with Gasteiger partial charge in [0.25, 0.3) is 0 Å². The molecule has 0 radical (unpaired) electrons. The van der Waals surface area contributed by atoms with Crippen LogP contribution < -0.4 is 10.1 Å². The van der Waals surface area contributed by atoms with Gasteiger partial charge in [-0.25, -0.2) is 9.37 Å². The number of fused-ring (bicyclic) bond motifs is 4. The lowest BCUT2D eigenvalue weighted by atomic mass is 9.72. The monoisotopic (exact) mass is 550 g/mol. The van der Waals surface area contributed by atoms with Gasteiger partial charge in [0, 0.05) is 30.1 Å². The minimum absolute atomic E-state index is 0.102. The van der Waals surface area contributed by atoms with Gasteiger partial charge in [-0.1, -0.05) is 18.2 Å². The number of carbonyl (C=O) groups is 2. The van der Waals surface area contributed by atoms with Crippen LogP contribution in [0.15, 0.2) is 23.2 Å². The molecular weight excluding hydrogens is 527 g/mol. The number of benzene rings is 1. The zero-order valence-electron chi connectivity index (χ0n) is 18.8. The summed E-state index contributed by atoms with van der Waals surface area (Å²) in [6.45, 7) is 5.72. The fraction of sp³-hybridized carbons (Fsp3) is 0.458. The van der Waals surface area contributed by atoms with Gasteiger partial charge in [0.2, 0.25) is 17.7 Å². The number of hydrogen-bond acceptors (Lipinski definition) is 5. The van der Waals surface area contributed by atoms with Crippen LogP contribution in [0.2, 0.25) is 5.02 Å². The topological polar surface area (TPSA) is 74.8 Å². The number of pyridine rings is 1. The zero-order chi connectivity index (χ0) is 24.2. The summed E-state index contributed by atoms with van der Waals surface area (Å²) in [7, 11) is 2.05. The predicted octanol–water partition coefficient (Wildman–Crippen LogP) is 4.26. The second kappa shape index (κ2) is 8.77. The molecular formula is C24H25BrClFN4O3. The van der Waals surface area contributed by atoms with E-state index in [2.05, 4.69) is 37.7 Å². The molecule has 3 aliphatic heterocycles. The van der Waals surface area contributed by atoms with Gasteiger partial charge in [-0.3, -0.25) is 9.59 Å². The van der Waals surface area contributed by atoms with Crippen LogP contribution in [-0.4, -0.2) is 65.9 Å². The molecule has 1 aromatic heterocycles. The van der Waals surface area contributed by atoms with Gasteiger partial charge in [-0.2, -0.15) is 0 Å². The van der Waals surface area contributed by atoms with Crippen LogP contribution in [0.5, 0.6) is 5.88 Å². The summed E-state index contributed by atoms with van der Waals surface area (Å²) in [6.07, 6.45) is 4.16. The lowest BCUT2D eigenvalue weighted by molar-refractivity contribution is -0.131. The molecule has 0 bridgehead atoms. The smallest absolute Gasteiger partial charge is 0.245 e. The number of likely N-dealkylation sites (N-methyl/N-ethyl adjacent to an activating group) is 1.